The fraction of sp³-hybridized carbons (Fsp3) is 0. The van der Waals surface area contributed by atoms with Gasteiger partial charge in [0.1, 0.15) is 11.5 Å². The first-order valence-electron chi connectivity index (χ1n) is 5.10. The maximum atomic E-state index is 13.0. The summed E-state index contributed by atoms with van der Waals surface area (Å²) in [5, 5.41) is 11.4. The normalized spacial score (nSPS) is 10.8. The van der Waals surface area contributed by atoms with Gasteiger partial charge in [0.25, 0.3) is 0 Å². The van der Waals surface area contributed by atoms with E-state index in [1.807, 2.05) is 0 Å². The lowest BCUT2D eigenvalue weighted by Gasteiger charge is -2.08. The summed E-state index contributed by atoms with van der Waals surface area (Å²) in [5.74, 6) is -1.39. The van der Waals surface area contributed by atoms with Gasteiger partial charge in [0.2, 0.25) is 0 Å². The number of para-hydroxylation sites is 1. The van der Waals surface area contributed by atoms with E-state index in [1.54, 1.807) is 24.3 Å². The van der Waals surface area contributed by atoms with Crippen molar-refractivity contribution >= 4 is 6.21 Å². The molecule has 0 bridgehead atoms. The van der Waals surface area contributed by atoms with Crippen molar-refractivity contribution in [2.75, 3.05) is 0 Å². The molecule has 1 N–H and O–H groups in total. The Kier molecular flexibility index (Phi) is 3.52. The Bertz CT molecular complexity index is 585. The highest BCUT2D eigenvalue weighted by Gasteiger charge is 2.06. The van der Waals surface area contributed by atoms with E-state index in [1.165, 1.54) is 12.3 Å². The molecule has 0 spiro atoms. The van der Waals surface area contributed by atoms with Gasteiger partial charge in [-0.2, -0.15) is 0 Å². The lowest BCUT2D eigenvalue weighted by atomic mass is 10.2. The van der Waals surface area contributed by atoms with Crippen LogP contribution in [0.3, 0.4) is 0 Å². The van der Waals surface area contributed by atoms with E-state index in [0.29, 0.717) is 11.3 Å². The van der Waals surface area contributed by atoms with Crippen molar-refractivity contribution in [3.8, 4) is 11.5 Å². The Hall–Kier alpha value is -2.43. The van der Waals surface area contributed by atoms with Crippen LogP contribution in [0.4, 0.5) is 8.78 Å². The third-order valence-corrected chi connectivity index (χ3v) is 2.23. The van der Waals surface area contributed by atoms with Gasteiger partial charge in [-0.3, -0.25) is 0 Å². The molecule has 0 aliphatic heterocycles. The standard InChI is InChI=1S/C13H9F2NO2/c14-11-6-5-10(7-12(11)15)18-13-4-2-1-3-9(13)8-16-17/h1-8,17H. The molecule has 0 unspecified atom stereocenters. The fourth-order valence-corrected chi connectivity index (χ4v) is 1.41. The average molecular weight is 249 g/mol. The fourth-order valence-electron chi connectivity index (χ4n) is 1.41. The molecule has 2 rings (SSSR count). The minimum absolute atomic E-state index is 0.160. The Morgan fingerprint density at radius 2 is 1.83 bits per heavy atom. The van der Waals surface area contributed by atoms with Crippen molar-refractivity contribution in [1.29, 1.82) is 0 Å². The van der Waals surface area contributed by atoms with Crippen molar-refractivity contribution < 1.29 is 18.7 Å². The summed E-state index contributed by atoms with van der Waals surface area (Å²) in [6, 6.07) is 9.97. The number of halogens is 2. The number of hydrogen-bond acceptors (Lipinski definition) is 3. The molecule has 0 aliphatic rings. The quantitative estimate of drug-likeness (QED) is 0.513. The zero-order valence-corrected chi connectivity index (χ0v) is 9.18. The van der Waals surface area contributed by atoms with Crippen LogP contribution in [-0.2, 0) is 0 Å². The summed E-state index contributed by atoms with van der Waals surface area (Å²) in [6.07, 6.45) is 1.19. The van der Waals surface area contributed by atoms with Crippen molar-refractivity contribution in [2.45, 2.75) is 0 Å². The third-order valence-electron chi connectivity index (χ3n) is 2.23. The molecule has 0 amide bonds. The molecule has 0 radical (unpaired) electrons. The van der Waals surface area contributed by atoms with Crippen molar-refractivity contribution in [1.82, 2.24) is 0 Å². The van der Waals surface area contributed by atoms with Crippen LogP contribution >= 0.6 is 0 Å². The molecule has 0 atom stereocenters. The molecule has 0 aliphatic carbocycles. The third kappa shape index (κ3) is 2.63. The molecule has 18 heavy (non-hydrogen) atoms. The number of nitrogens with zero attached hydrogens (tertiary/aromatic N) is 1. The molecule has 92 valence electrons. The van der Waals surface area contributed by atoms with E-state index in [9.17, 15) is 8.78 Å². The Morgan fingerprint density at radius 1 is 1.06 bits per heavy atom. The smallest absolute Gasteiger partial charge is 0.162 e. The summed E-state index contributed by atoms with van der Waals surface area (Å²) >= 11 is 0. The Balaban J connectivity index is 2.31. The van der Waals surface area contributed by atoms with Crippen LogP contribution in [0, 0.1) is 11.6 Å². The van der Waals surface area contributed by atoms with Crippen LogP contribution in [0.15, 0.2) is 47.6 Å². The predicted molar refractivity (Wildman–Crippen MR) is 62.3 cm³/mol. The summed E-state index contributed by atoms with van der Waals surface area (Å²) in [6.45, 7) is 0. The zero-order valence-electron chi connectivity index (χ0n) is 9.18. The number of ether oxygens (including phenoxy) is 1. The largest absolute Gasteiger partial charge is 0.457 e. The van der Waals surface area contributed by atoms with Crippen molar-refractivity contribution in [3.05, 3.63) is 59.7 Å². The zero-order chi connectivity index (χ0) is 13.0. The van der Waals surface area contributed by atoms with Gasteiger partial charge in [-0.15, -0.1) is 0 Å². The van der Waals surface area contributed by atoms with E-state index >= 15 is 0 Å². The lowest BCUT2D eigenvalue weighted by Crippen LogP contribution is -1.92. The summed E-state index contributed by atoms with van der Waals surface area (Å²) in [5.41, 5.74) is 0.518. The van der Waals surface area contributed by atoms with Crippen molar-refractivity contribution in [2.24, 2.45) is 5.16 Å². The second-order valence-corrected chi connectivity index (χ2v) is 3.46. The van der Waals surface area contributed by atoms with Gasteiger partial charge in [0, 0.05) is 11.6 Å². The van der Waals surface area contributed by atoms with Gasteiger partial charge in [-0.05, 0) is 24.3 Å². The van der Waals surface area contributed by atoms with Crippen molar-refractivity contribution in [3.63, 3.8) is 0 Å². The molecule has 5 heteroatoms. The first-order chi connectivity index (χ1) is 8.70. The second kappa shape index (κ2) is 5.27. The molecular weight excluding hydrogens is 240 g/mol. The molecule has 2 aromatic rings. The number of hydrogen-bond donors (Lipinski definition) is 1. The van der Waals surface area contributed by atoms with E-state index in [0.717, 1.165) is 12.1 Å². The molecular formula is C13H9F2NO2. The topological polar surface area (TPSA) is 41.8 Å². The van der Waals surface area contributed by atoms with Gasteiger partial charge < -0.3 is 9.94 Å². The highest BCUT2D eigenvalue weighted by Crippen LogP contribution is 2.25. The molecule has 0 fully saturated rings. The molecule has 0 heterocycles. The van der Waals surface area contributed by atoms with Gasteiger partial charge in [-0.25, -0.2) is 8.78 Å². The SMILES string of the molecule is ON=Cc1ccccc1Oc1ccc(F)c(F)c1. The van der Waals surface area contributed by atoms with E-state index in [-0.39, 0.29) is 5.75 Å². The number of benzene rings is 2. The maximum absolute atomic E-state index is 13.0. The Labute approximate surface area is 102 Å². The summed E-state index contributed by atoms with van der Waals surface area (Å²) in [7, 11) is 0. The van der Waals surface area contributed by atoms with Crippen LogP contribution in [0.2, 0.25) is 0 Å². The van der Waals surface area contributed by atoms with Gasteiger partial charge in [0.15, 0.2) is 11.6 Å². The number of rotatable bonds is 3. The van der Waals surface area contributed by atoms with Crippen LogP contribution in [-0.4, -0.2) is 11.4 Å². The summed E-state index contributed by atoms with van der Waals surface area (Å²) < 4.78 is 31.2. The van der Waals surface area contributed by atoms with Crippen LogP contribution < -0.4 is 4.74 Å². The highest BCUT2D eigenvalue weighted by molar-refractivity contribution is 5.83. The molecule has 0 aromatic heterocycles. The minimum Gasteiger partial charge on any atom is -0.457 e. The predicted octanol–water partition coefficient (Wildman–Crippen LogP) is 3.57. The maximum Gasteiger partial charge on any atom is 0.162 e. The molecule has 0 saturated heterocycles. The lowest BCUT2D eigenvalue weighted by molar-refractivity contribution is 0.321. The number of oxime groups is 1. The van der Waals surface area contributed by atoms with Crippen LogP contribution in [0.25, 0.3) is 0 Å². The van der Waals surface area contributed by atoms with Gasteiger partial charge >= 0.3 is 0 Å². The van der Waals surface area contributed by atoms with E-state index in [4.69, 9.17) is 9.94 Å². The monoisotopic (exact) mass is 249 g/mol. The average Bonchev–Trinajstić information content (AvgIpc) is 2.37. The molecule has 2 aromatic carbocycles. The minimum atomic E-state index is -0.985. The van der Waals surface area contributed by atoms with Crippen LogP contribution in [0.1, 0.15) is 5.56 Å². The first kappa shape index (κ1) is 12.0. The molecule has 0 saturated carbocycles. The van der Waals surface area contributed by atoms with Gasteiger partial charge in [-0.1, -0.05) is 17.3 Å². The van der Waals surface area contributed by atoms with E-state index < -0.39 is 11.6 Å². The van der Waals surface area contributed by atoms with Gasteiger partial charge in [0.05, 0.1) is 6.21 Å². The summed E-state index contributed by atoms with van der Waals surface area (Å²) in [4.78, 5) is 0. The first-order valence-corrected chi connectivity index (χ1v) is 5.10. The second-order valence-electron chi connectivity index (χ2n) is 3.46. The van der Waals surface area contributed by atoms with E-state index in [2.05, 4.69) is 5.16 Å². The van der Waals surface area contributed by atoms with Crippen LogP contribution in [0.5, 0.6) is 11.5 Å². The Morgan fingerprint density at radius 3 is 2.56 bits per heavy atom. The highest BCUT2D eigenvalue weighted by atomic mass is 19.2. The molecule has 3 nitrogen and oxygen atoms in total.